The second-order valence-corrected chi connectivity index (χ2v) is 4.78. The van der Waals surface area contributed by atoms with Crippen LogP contribution in [-0.4, -0.2) is 22.1 Å². The number of nitrogens with one attached hydrogen (secondary N) is 1. The summed E-state index contributed by atoms with van der Waals surface area (Å²) in [5.74, 6) is 0.366. The molecular formula is C13H19N3O2. The zero-order valence-corrected chi connectivity index (χ0v) is 10.3. The van der Waals surface area contributed by atoms with Crippen molar-refractivity contribution < 1.29 is 9.90 Å². The number of aliphatic hydroxyl groups is 1. The van der Waals surface area contributed by atoms with Gasteiger partial charge in [0.1, 0.15) is 5.82 Å². The number of hydrogen-bond acceptors (Lipinski definition) is 4. The lowest BCUT2D eigenvalue weighted by molar-refractivity contribution is -0.127. The van der Waals surface area contributed by atoms with E-state index in [0.29, 0.717) is 18.8 Å². The molecule has 2 atom stereocenters. The Labute approximate surface area is 106 Å². The Bertz CT molecular complexity index is 422. The number of anilines is 1. The Balaban J connectivity index is 1.86. The highest BCUT2D eigenvalue weighted by atomic mass is 16.3. The van der Waals surface area contributed by atoms with Gasteiger partial charge in [0.15, 0.2) is 0 Å². The molecule has 0 unspecified atom stereocenters. The lowest BCUT2D eigenvalue weighted by Gasteiger charge is -2.24. The van der Waals surface area contributed by atoms with E-state index in [0.717, 1.165) is 24.8 Å². The minimum absolute atomic E-state index is 0.00277. The van der Waals surface area contributed by atoms with Crippen molar-refractivity contribution in [2.75, 3.05) is 5.73 Å². The van der Waals surface area contributed by atoms with E-state index in [-0.39, 0.29) is 17.9 Å². The highest BCUT2D eigenvalue weighted by Crippen LogP contribution is 2.24. The highest BCUT2D eigenvalue weighted by molar-refractivity contribution is 5.78. The van der Waals surface area contributed by atoms with Gasteiger partial charge in [0, 0.05) is 24.2 Å². The molecule has 18 heavy (non-hydrogen) atoms. The number of nitrogen functional groups attached to an aromatic ring is 1. The molecule has 0 aromatic carbocycles. The monoisotopic (exact) mass is 249 g/mol. The first-order chi connectivity index (χ1) is 8.66. The average molecular weight is 249 g/mol. The van der Waals surface area contributed by atoms with Crippen LogP contribution in [-0.2, 0) is 11.3 Å². The van der Waals surface area contributed by atoms with Crippen LogP contribution in [0, 0.1) is 5.92 Å². The van der Waals surface area contributed by atoms with Gasteiger partial charge in [-0.3, -0.25) is 4.79 Å². The summed E-state index contributed by atoms with van der Waals surface area (Å²) in [4.78, 5) is 15.9. The number of aliphatic hydroxyl groups excluding tert-OH is 1. The van der Waals surface area contributed by atoms with Gasteiger partial charge >= 0.3 is 0 Å². The van der Waals surface area contributed by atoms with Gasteiger partial charge in [-0.1, -0.05) is 12.5 Å². The second kappa shape index (κ2) is 5.82. The Morgan fingerprint density at radius 1 is 1.56 bits per heavy atom. The van der Waals surface area contributed by atoms with Crippen LogP contribution in [0.1, 0.15) is 31.2 Å². The van der Waals surface area contributed by atoms with E-state index in [9.17, 15) is 9.90 Å². The van der Waals surface area contributed by atoms with Gasteiger partial charge in [-0.05, 0) is 25.3 Å². The Morgan fingerprint density at radius 2 is 2.39 bits per heavy atom. The Kier molecular flexibility index (Phi) is 4.15. The number of carbonyl (C=O) groups excluding carboxylic acids is 1. The molecule has 1 fully saturated rings. The van der Waals surface area contributed by atoms with Gasteiger partial charge < -0.3 is 16.2 Å². The molecule has 5 nitrogen and oxygen atoms in total. The van der Waals surface area contributed by atoms with Crippen LogP contribution in [0.25, 0.3) is 0 Å². The van der Waals surface area contributed by atoms with Crippen molar-refractivity contribution in [3.05, 3.63) is 23.9 Å². The molecule has 1 aromatic rings. The second-order valence-electron chi connectivity index (χ2n) is 4.78. The molecule has 1 aliphatic rings. The van der Waals surface area contributed by atoms with Gasteiger partial charge in [0.25, 0.3) is 0 Å². The van der Waals surface area contributed by atoms with Crippen molar-refractivity contribution in [3.63, 3.8) is 0 Å². The minimum Gasteiger partial charge on any atom is -0.393 e. The predicted molar refractivity (Wildman–Crippen MR) is 68.5 cm³/mol. The number of nitrogens with zero attached hydrogens (tertiary/aromatic N) is 1. The first-order valence-corrected chi connectivity index (χ1v) is 6.32. The summed E-state index contributed by atoms with van der Waals surface area (Å²) in [6.45, 7) is 0.394. The van der Waals surface area contributed by atoms with Crippen molar-refractivity contribution >= 4 is 11.7 Å². The molecule has 1 aromatic heterocycles. The minimum atomic E-state index is -0.335. The Hall–Kier alpha value is -1.62. The van der Waals surface area contributed by atoms with Gasteiger partial charge in [-0.25, -0.2) is 4.98 Å². The third-order valence-electron chi connectivity index (χ3n) is 3.40. The van der Waals surface area contributed by atoms with Crippen LogP contribution >= 0.6 is 0 Å². The first-order valence-electron chi connectivity index (χ1n) is 6.32. The zero-order valence-electron chi connectivity index (χ0n) is 10.3. The molecule has 0 spiro atoms. The largest absolute Gasteiger partial charge is 0.393 e. The number of hydrogen-bond donors (Lipinski definition) is 3. The number of aromatic nitrogens is 1. The van der Waals surface area contributed by atoms with Gasteiger partial charge in [0.2, 0.25) is 5.91 Å². The molecule has 0 aliphatic heterocycles. The van der Waals surface area contributed by atoms with E-state index in [1.165, 1.54) is 0 Å². The van der Waals surface area contributed by atoms with E-state index in [1.54, 1.807) is 12.3 Å². The van der Waals surface area contributed by atoms with Crippen molar-refractivity contribution in [2.45, 2.75) is 38.3 Å². The summed E-state index contributed by atoms with van der Waals surface area (Å²) >= 11 is 0. The predicted octanol–water partition coefficient (Wildman–Crippen LogP) is 0.831. The summed E-state index contributed by atoms with van der Waals surface area (Å²) in [5.41, 5.74) is 6.53. The molecule has 0 radical (unpaired) electrons. The lowest BCUT2D eigenvalue weighted by atomic mass is 9.86. The number of rotatable bonds is 3. The fourth-order valence-electron chi connectivity index (χ4n) is 2.33. The standard InChI is InChI=1S/C13H19N3O2/c14-12-10(4-2-6-15-12)8-16-13(18)9-3-1-5-11(17)7-9/h2,4,6,9,11,17H,1,3,5,7-8H2,(H2,14,15)(H,16,18)/t9-,11-/m0/s1. The van der Waals surface area contributed by atoms with E-state index in [2.05, 4.69) is 10.3 Å². The summed E-state index contributed by atoms with van der Waals surface area (Å²) in [6, 6.07) is 3.64. The normalized spacial score (nSPS) is 23.6. The van der Waals surface area contributed by atoms with Crippen LogP contribution in [0.3, 0.4) is 0 Å². The molecule has 4 N–H and O–H groups in total. The van der Waals surface area contributed by atoms with Crippen molar-refractivity contribution in [2.24, 2.45) is 5.92 Å². The fourth-order valence-corrected chi connectivity index (χ4v) is 2.33. The smallest absolute Gasteiger partial charge is 0.223 e. The molecule has 0 bridgehead atoms. The third-order valence-corrected chi connectivity index (χ3v) is 3.40. The van der Waals surface area contributed by atoms with Crippen molar-refractivity contribution in [1.82, 2.24) is 10.3 Å². The van der Waals surface area contributed by atoms with Crippen LogP contribution in [0.4, 0.5) is 5.82 Å². The van der Waals surface area contributed by atoms with Crippen LogP contribution in [0.15, 0.2) is 18.3 Å². The maximum atomic E-state index is 11.9. The van der Waals surface area contributed by atoms with E-state index in [1.807, 2.05) is 6.07 Å². The molecule has 1 saturated carbocycles. The van der Waals surface area contributed by atoms with E-state index >= 15 is 0 Å². The zero-order chi connectivity index (χ0) is 13.0. The summed E-state index contributed by atoms with van der Waals surface area (Å²) in [6.07, 6.45) is 4.42. The lowest BCUT2D eigenvalue weighted by Crippen LogP contribution is -2.34. The SMILES string of the molecule is Nc1ncccc1CNC(=O)[C@H]1CCC[C@H](O)C1. The maximum absolute atomic E-state index is 11.9. The highest BCUT2D eigenvalue weighted by Gasteiger charge is 2.25. The van der Waals surface area contributed by atoms with Gasteiger partial charge in [0.05, 0.1) is 6.10 Å². The summed E-state index contributed by atoms with van der Waals surface area (Å²) < 4.78 is 0. The molecule has 2 rings (SSSR count). The maximum Gasteiger partial charge on any atom is 0.223 e. The van der Waals surface area contributed by atoms with Crippen LogP contribution in [0.5, 0.6) is 0 Å². The quantitative estimate of drug-likeness (QED) is 0.740. The van der Waals surface area contributed by atoms with Crippen molar-refractivity contribution in [1.29, 1.82) is 0 Å². The van der Waals surface area contributed by atoms with Crippen LogP contribution < -0.4 is 11.1 Å². The topological polar surface area (TPSA) is 88.2 Å². The molecule has 1 amide bonds. The molecular weight excluding hydrogens is 230 g/mol. The summed E-state index contributed by atoms with van der Waals surface area (Å²) in [7, 11) is 0. The molecule has 0 saturated heterocycles. The van der Waals surface area contributed by atoms with Crippen molar-refractivity contribution in [3.8, 4) is 0 Å². The van der Waals surface area contributed by atoms with Gasteiger partial charge in [-0.15, -0.1) is 0 Å². The van der Waals surface area contributed by atoms with E-state index < -0.39 is 0 Å². The molecule has 98 valence electrons. The average Bonchev–Trinajstić information content (AvgIpc) is 2.37. The number of carbonyl (C=O) groups is 1. The molecule has 5 heteroatoms. The fraction of sp³-hybridized carbons (Fsp3) is 0.538. The van der Waals surface area contributed by atoms with E-state index in [4.69, 9.17) is 5.73 Å². The Morgan fingerprint density at radius 3 is 3.11 bits per heavy atom. The molecule has 1 aliphatic carbocycles. The molecule has 1 heterocycles. The summed E-state index contributed by atoms with van der Waals surface area (Å²) in [5, 5.41) is 12.4. The van der Waals surface area contributed by atoms with Crippen LogP contribution in [0.2, 0.25) is 0 Å². The number of nitrogens with two attached hydrogens (primary N) is 1. The van der Waals surface area contributed by atoms with Gasteiger partial charge in [-0.2, -0.15) is 0 Å². The first kappa shape index (κ1) is 12.8. The third kappa shape index (κ3) is 3.20. The number of pyridine rings is 1. The number of amides is 1.